The summed E-state index contributed by atoms with van der Waals surface area (Å²) in [7, 11) is 0. The van der Waals surface area contributed by atoms with Gasteiger partial charge in [-0.1, -0.05) is 37.3 Å². The summed E-state index contributed by atoms with van der Waals surface area (Å²) in [6, 6.07) is 13.7. The van der Waals surface area contributed by atoms with Crippen molar-refractivity contribution in [3.05, 3.63) is 59.2 Å². The van der Waals surface area contributed by atoms with Gasteiger partial charge in [0.2, 0.25) is 0 Å². The zero-order valence-electron chi connectivity index (χ0n) is 10.8. The van der Waals surface area contributed by atoms with E-state index in [-0.39, 0.29) is 5.75 Å². The number of phenolic OH excluding ortho intramolecular Hbond substituents is 1. The third kappa shape index (κ3) is 2.83. The van der Waals surface area contributed by atoms with Gasteiger partial charge in [0.25, 0.3) is 0 Å². The Morgan fingerprint density at radius 1 is 1.00 bits per heavy atom. The van der Waals surface area contributed by atoms with Gasteiger partial charge in [-0.3, -0.25) is 0 Å². The van der Waals surface area contributed by atoms with Crippen molar-refractivity contribution < 1.29 is 9.84 Å². The molecular weight excluding hydrogens is 224 g/mol. The molecule has 0 amide bonds. The molecule has 0 bridgehead atoms. The summed E-state index contributed by atoms with van der Waals surface area (Å²) in [6.45, 7) is 4.51. The highest BCUT2D eigenvalue weighted by Gasteiger charge is 2.03. The number of benzene rings is 2. The number of aromatic hydroxyl groups is 1. The van der Waals surface area contributed by atoms with E-state index >= 15 is 0 Å². The predicted octanol–water partition coefficient (Wildman–Crippen LogP) is 3.84. The minimum Gasteiger partial charge on any atom is -0.508 e. The Balaban J connectivity index is 2.04. The zero-order valence-corrected chi connectivity index (χ0v) is 10.8. The van der Waals surface area contributed by atoms with Crippen LogP contribution in [0.3, 0.4) is 0 Å². The smallest absolute Gasteiger partial charge is 0.126 e. The summed E-state index contributed by atoms with van der Waals surface area (Å²) in [6.07, 6.45) is 1.05. The summed E-state index contributed by atoms with van der Waals surface area (Å²) < 4.78 is 5.72. The van der Waals surface area contributed by atoms with Crippen molar-refractivity contribution in [1.29, 1.82) is 0 Å². The van der Waals surface area contributed by atoms with Gasteiger partial charge in [0.15, 0.2) is 0 Å². The van der Waals surface area contributed by atoms with E-state index in [1.165, 1.54) is 5.56 Å². The lowest BCUT2D eigenvalue weighted by Crippen LogP contribution is -1.97. The number of ether oxygens (including phenoxy) is 1. The maximum absolute atomic E-state index is 9.59. The molecule has 0 saturated heterocycles. The lowest BCUT2D eigenvalue weighted by Gasteiger charge is -2.10. The van der Waals surface area contributed by atoms with E-state index in [9.17, 15) is 5.11 Å². The first kappa shape index (κ1) is 12.5. The molecule has 0 aliphatic rings. The van der Waals surface area contributed by atoms with Gasteiger partial charge in [-0.05, 0) is 36.6 Å². The van der Waals surface area contributed by atoms with Crippen molar-refractivity contribution in [2.75, 3.05) is 0 Å². The van der Waals surface area contributed by atoms with Gasteiger partial charge in [-0.2, -0.15) is 0 Å². The molecule has 1 N–H and O–H groups in total. The first-order valence-corrected chi connectivity index (χ1v) is 6.20. The van der Waals surface area contributed by atoms with E-state index in [0.29, 0.717) is 6.61 Å². The van der Waals surface area contributed by atoms with Crippen LogP contribution in [0.25, 0.3) is 0 Å². The number of phenols is 1. The van der Waals surface area contributed by atoms with E-state index in [4.69, 9.17) is 4.74 Å². The standard InChI is InChI=1S/C16H18O2/c1-3-13-7-9-14(10-8-13)11-18-16-6-4-5-15(17)12(16)2/h4-10,17H,3,11H2,1-2H3. The summed E-state index contributed by atoms with van der Waals surface area (Å²) in [5.74, 6) is 1.00. The second kappa shape index (κ2) is 5.58. The Labute approximate surface area is 108 Å². The molecule has 0 saturated carbocycles. The Kier molecular flexibility index (Phi) is 3.88. The Morgan fingerprint density at radius 2 is 1.67 bits per heavy atom. The van der Waals surface area contributed by atoms with Crippen molar-refractivity contribution in [3.8, 4) is 11.5 Å². The molecule has 0 aliphatic carbocycles. The highest BCUT2D eigenvalue weighted by Crippen LogP contribution is 2.26. The monoisotopic (exact) mass is 242 g/mol. The Hall–Kier alpha value is -1.96. The molecule has 2 rings (SSSR count). The molecule has 2 aromatic rings. The lowest BCUT2D eigenvalue weighted by molar-refractivity contribution is 0.302. The van der Waals surface area contributed by atoms with Crippen LogP contribution in [0.15, 0.2) is 42.5 Å². The lowest BCUT2D eigenvalue weighted by atomic mass is 10.1. The fourth-order valence-electron chi connectivity index (χ4n) is 1.79. The number of aryl methyl sites for hydroxylation is 1. The van der Waals surface area contributed by atoms with Crippen molar-refractivity contribution in [2.45, 2.75) is 26.9 Å². The minimum atomic E-state index is 0.272. The molecule has 0 unspecified atom stereocenters. The number of hydrogen-bond donors (Lipinski definition) is 1. The van der Waals surface area contributed by atoms with Crippen molar-refractivity contribution >= 4 is 0 Å². The molecule has 0 aromatic heterocycles. The fourth-order valence-corrected chi connectivity index (χ4v) is 1.79. The second-order valence-electron chi connectivity index (χ2n) is 4.36. The van der Waals surface area contributed by atoms with Crippen molar-refractivity contribution in [2.24, 2.45) is 0 Å². The van der Waals surface area contributed by atoms with E-state index < -0.39 is 0 Å². The molecule has 2 nitrogen and oxygen atoms in total. The summed E-state index contributed by atoms with van der Waals surface area (Å²) in [5, 5.41) is 9.59. The van der Waals surface area contributed by atoms with Crippen LogP contribution < -0.4 is 4.74 Å². The third-order valence-electron chi connectivity index (χ3n) is 3.08. The average Bonchev–Trinajstić information content (AvgIpc) is 2.41. The van der Waals surface area contributed by atoms with E-state index in [2.05, 4.69) is 31.2 Å². The first-order valence-electron chi connectivity index (χ1n) is 6.20. The average molecular weight is 242 g/mol. The van der Waals surface area contributed by atoms with Crippen LogP contribution in [-0.2, 0) is 13.0 Å². The normalized spacial score (nSPS) is 10.3. The highest BCUT2D eigenvalue weighted by atomic mass is 16.5. The van der Waals surface area contributed by atoms with Crippen LogP contribution in [0.1, 0.15) is 23.6 Å². The molecule has 2 aromatic carbocycles. The maximum Gasteiger partial charge on any atom is 0.126 e. The molecular formula is C16H18O2. The Morgan fingerprint density at radius 3 is 2.33 bits per heavy atom. The quantitative estimate of drug-likeness (QED) is 0.882. The molecule has 0 radical (unpaired) electrons. The summed E-state index contributed by atoms with van der Waals surface area (Å²) in [4.78, 5) is 0. The van der Waals surface area contributed by atoms with Crippen LogP contribution >= 0.6 is 0 Å². The van der Waals surface area contributed by atoms with Gasteiger partial charge in [0, 0.05) is 5.56 Å². The molecule has 0 heterocycles. The molecule has 0 aliphatic heterocycles. The second-order valence-corrected chi connectivity index (χ2v) is 4.36. The minimum absolute atomic E-state index is 0.272. The van der Waals surface area contributed by atoms with Gasteiger partial charge in [0.1, 0.15) is 18.1 Å². The van der Waals surface area contributed by atoms with Gasteiger partial charge in [-0.25, -0.2) is 0 Å². The topological polar surface area (TPSA) is 29.5 Å². The van der Waals surface area contributed by atoms with Crippen molar-refractivity contribution in [1.82, 2.24) is 0 Å². The van der Waals surface area contributed by atoms with E-state index in [1.807, 2.05) is 13.0 Å². The molecule has 2 heteroatoms. The van der Waals surface area contributed by atoms with Crippen LogP contribution in [0.4, 0.5) is 0 Å². The van der Waals surface area contributed by atoms with Gasteiger partial charge in [0.05, 0.1) is 0 Å². The van der Waals surface area contributed by atoms with Gasteiger partial charge >= 0.3 is 0 Å². The SMILES string of the molecule is CCc1ccc(COc2cccc(O)c2C)cc1. The maximum atomic E-state index is 9.59. The van der Waals surface area contributed by atoms with Crippen LogP contribution in [-0.4, -0.2) is 5.11 Å². The van der Waals surface area contributed by atoms with Crippen LogP contribution in [0.5, 0.6) is 11.5 Å². The largest absolute Gasteiger partial charge is 0.508 e. The zero-order chi connectivity index (χ0) is 13.0. The van der Waals surface area contributed by atoms with Gasteiger partial charge in [-0.15, -0.1) is 0 Å². The molecule has 0 fully saturated rings. The number of hydrogen-bond acceptors (Lipinski definition) is 2. The summed E-state index contributed by atoms with van der Waals surface area (Å²) in [5.41, 5.74) is 3.24. The van der Waals surface area contributed by atoms with Crippen molar-refractivity contribution in [3.63, 3.8) is 0 Å². The molecule has 0 atom stereocenters. The number of rotatable bonds is 4. The third-order valence-corrected chi connectivity index (χ3v) is 3.08. The van der Waals surface area contributed by atoms with Gasteiger partial charge < -0.3 is 9.84 Å². The van der Waals surface area contributed by atoms with E-state index in [1.54, 1.807) is 12.1 Å². The Bertz CT molecular complexity index is 515. The summed E-state index contributed by atoms with van der Waals surface area (Å²) >= 11 is 0. The first-order chi connectivity index (χ1) is 8.70. The molecule has 18 heavy (non-hydrogen) atoms. The molecule has 0 spiro atoms. The molecule has 94 valence electrons. The fraction of sp³-hybridized carbons (Fsp3) is 0.250. The predicted molar refractivity (Wildman–Crippen MR) is 73.0 cm³/mol. The van der Waals surface area contributed by atoms with Crippen LogP contribution in [0.2, 0.25) is 0 Å². The van der Waals surface area contributed by atoms with Crippen LogP contribution in [0, 0.1) is 6.92 Å². The van der Waals surface area contributed by atoms with E-state index in [0.717, 1.165) is 23.3 Å². The highest BCUT2D eigenvalue weighted by molar-refractivity contribution is 5.42.